The van der Waals surface area contributed by atoms with Crippen LogP contribution in [-0.4, -0.2) is 109 Å². The highest BCUT2D eigenvalue weighted by Crippen LogP contribution is 2.20. The van der Waals surface area contributed by atoms with Gasteiger partial charge in [-0.25, -0.2) is 26.7 Å². The Balaban J connectivity index is 6.47. The summed E-state index contributed by atoms with van der Waals surface area (Å²) in [7, 11) is 0. The van der Waals surface area contributed by atoms with Gasteiger partial charge in [0.15, 0.2) is 11.9 Å². The molecule has 0 aromatic heterocycles. The predicted molar refractivity (Wildman–Crippen MR) is 502 cm³/mol. The summed E-state index contributed by atoms with van der Waals surface area (Å²) in [5, 5.41) is 25.1. The molecule has 0 saturated heterocycles. The molecule has 119 heavy (non-hydrogen) atoms. The van der Waals surface area contributed by atoms with Crippen LogP contribution in [-0.2, 0) is 33.6 Å². The van der Waals surface area contributed by atoms with Gasteiger partial charge in [0.25, 0.3) is 11.8 Å². The van der Waals surface area contributed by atoms with Crippen LogP contribution < -0.4 is 60.6 Å². The highest BCUT2D eigenvalue weighted by Gasteiger charge is 2.31. The molecule has 15 N–H and O–H groups in total. The normalized spacial score (nSPS) is 12.6. The van der Waals surface area contributed by atoms with E-state index in [1.807, 2.05) is 0 Å². The second-order valence-electron chi connectivity index (χ2n) is 34.0. The Morgan fingerprint density at radius 3 is 0.748 bits per heavy atom. The van der Waals surface area contributed by atoms with Crippen molar-refractivity contribution in [1.29, 1.82) is 0 Å². The van der Waals surface area contributed by atoms with Crippen LogP contribution in [0.25, 0.3) is 0 Å². The highest BCUT2D eigenvalue weighted by molar-refractivity contribution is 5.95. The van der Waals surface area contributed by atoms with Gasteiger partial charge in [0.1, 0.15) is 24.2 Å². The molecule has 24 nitrogen and oxygen atoms in total. The molecule has 0 heterocycles. The lowest BCUT2D eigenvalue weighted by molar-refractivity contribution is -0.133. The van der Waals surface area contributed by atoms with Gasteiger partial charge in [-0.15, -0.1) is 0 Å². The topological polar surface area (TPSA) is 382 Å². The largest absolute Gasteiger partial charge is 0.370 e. The van der Waals surface area contributed by atoms with E-state index >= 15 is 0 Å². The summed E-state index contributed by atoms with van der Waals surface area (Å²) in [5.74, 6) is -5.06. The minimum absolute atomic E-state index is 0.0852. The van der Waals surface area contributed by atoms with Gasteiger partial charge in [-0.1, -0.05) is 387 Å². The predicted octanol–water partition coefficient (Wildman–Crippen LogP) is 21.3. The van der Waals surface area contributed by atoms with Gasteiger partial charge in [0.05, 0.1) is 0 Å². The van der Waals surface area contributed by atoms with Gasteiger partial charge >= 0.3 is 0 Å². The van der Waals surface area contributed by atoms with Gasteiger partial charge in [-0.05, 0) is 89.9 Å². The second-order valence-corrected chi connectivity index (χ2v) is 34.0. The number of hydrazone groups is 4. The molecule has 7 amide bonds. The quantitative estimate of drug-likeness (QED) is 0.0118. The molecule has 4 atom stereocenters. The molecule has 0 fully saturated rings. The number of unbranched alkanes of at least 4 members (excludes halogenated alkanes) is 61. The van der Waals surface area contributed by atoms with E-state index in [-0.39, 0.29) is 57.0 Å². The van der Waals surface area contributed by atoms with Crippen LogP contribution in [0, 0.1) is 0 Å². The molecule has 24 heteroatoms. The molecule has 0 rings (SSSR count). The van der Waals surface area contributed by atoms with Crippen molar-refractivity contribution < 1.29 is 33.6 Å². The van der Waals surface area contributed by atoms with E-state index in [0.29, 0.717) is 38.5 Å². The summed E-state index contributed by atoms with van der Waals surface area (Å²) in [6, 6.07) is -5.29. The molecular weight excluding hydrogens is 1490 g/mol. The molecule has 0 aliphatic rings. The van der Waals surface area contributed by atoms with Crippen molar-refractivity contribution in [1.82, 2.24) is 37.7 Å². The number of hydrogen-bond donors (Lipinski definition) is 11. The number of amides is 7. The number of nitrogens with two attached hydrogens (primary N) is 4. The van der Waals surface area contributed by atoms with E-state index < -0.39 is 71.9 Å². The van der Waals surface area contributed by atoms with E-state index in [1.165, 1.54) is 308 Å². The average molecular weight is 1680 g/mol. The van der Waals surface area contributed by atoms with Gasteiger partial charge in [0, 0.05) is 50.7 Å². The molecule has 0 saturated carbocycles. The third-order valence-electron chi connectivity index (χ3n) is 22.5. The molecule has 0 bridgehead atoms. The van der Waals surface area contributed by atoms with E-state index in [2.05, 4.69) is 95.7 Å². The first-order chi connectivity index (χ1) is 58.2. The molecule has 0 aliphatic carbocycles. The van der Waals surface area contributed by atoms with Crippen molar-refractivity contribution in [3.05, 3.63) is 0 Å². The van der Waals surface area contributed by atoms with Crippen molar-refractivity contribution in [2.45, 2.75) is 521 Å². The summed E-state index contributed by atoms with van der Waals surface area (Å²) < 4.78 is 0. The van der Waals surface area contributed by atoms with Crippen molar-refractivity contribution in [3.63, 3.8) is 0 Å². The Labute approximate surface area is 726 Å². The molecule has 0 unspecified atom stereocenters. The van der Waals surface area contributed by atoms with Crippen LogP contribution in [0.4, 0.5) is 0 Å². The van der Waals surface area contributed by atoms with Gasteiger partial charge < -0.3 is 38.9 Å². The fourth-order valence-electron chi connectivity index (χ4n) is 14.9. The smallest absolute Gasteiger partial charge is 0.262 e. The Bertz CT molecular complexity index is 2580. The van der Waals surface area contributed by atoms with Crippen molar-refractivity contribution in [2.24, 2.45) is 53.3 Å². The standard InChI is InChI=1S/C95H183N17O7/c1-5-9-13-17-21-25-29-33-37-41-45-49-53-57-61-66-79-101-109-88(114)76-73-85(92(118)111-103-81-68-63-59-55-51-47-43-39-35-31-27-23-19-15-11-7-3)105-87(113)75-72-84(106-90(116)83(108-95(98)99)71-65-70-78-100-94(96)97)91(117)107-86(93(119)112-104-82-69-64-60-56-52-48-44-40-36-32-28-24-20-16-12-8-4)74-77-89(115)110-102-80-67-62-58-54-50-46-42-38-34-30-26-22-18-14-10-6-2/h79-86H,5-78H2,1-4H3,(H,105,113)(H,106,116)(H,107,117)(H,109,114)(H,110,115)(H,111,118)(H,112,119)(H4,96,97,100)(H4,98,99,108)/b101-79+,102-80+,103-81+,104-82+/t83-,84-,85-,86-/m0/s1. The lowest BCUT2D eigenvalue weighted by atomic mass is 10.0. The number of rotatable bonds is 90. The average Bonchev–Trinajstić information content (AvgIpc) is 0.866. The SMILES string of the molecule is CCCCCCCCCCCCCCCCC/C=N/NC(=O)CC[C@H](NC(=O)CC[C@H](NC(=O)[C@H](CCCCN=C(N)N)N=C(N)N)C(=O)N[C@@H](CCC(=O)N/N=C/CCCCCCCCCCCCCCCCC)C(=O)N/N=C/CCCCCCCCCCCCCCCCC)C(=O)N/N=C/CCCCCCCCCCCCCCCCC. The summed E-state index contributed by atoms with van der Waals surface area (Å²) in [4.78, 5) is 106. The maximum absolute atomic E-state index is 14.8. The van der Waals surface area contributed by atoms with Crippen LogP contribution in [0.15, 0.2) is 30.4 Å². The Morgan fingerprint density at radius 1 is 0.244 bits per heavy atom. The first-order valence-corrected chi connectivity index (χ1v) is 49.5. The zero-order valence-corrected chi connectivity index (χ0v) is 76.8. The van der Waals surface area contributed by atoms with E-state index in [4.69, 9.17) is 22.9 Å². The monoisotopic (exact) mass is 1670 g/mol. The molecule has 0 spiro atoms. The lowest BCUT2D eigenvalue weighted by Crippen LogP contribution is -2.55. The Morgan fingerprint density at radius 2 is 0.479 bits per heavy atom. The molecular formula is C95H183N17O7. The van der Waals surface area contributed by atoms with Crippen LogP contribution in [0.3, 0.4) is 0 Å². The van der Waals surface area contributed by atoms with Crippen molar-refractivity contribution in [2.75, 3.05) is 6.54 Å². The number of nitrogens with zero attached hydrogens (tertiary/aromatic N) is 6. The third-order valence-corrected chi connectivity index (χ3v) is 22.5. The maximum atomic E-state index is 14.8. The molecule has 0 aromatic rings. The summed E-state index contributed by atoms with van der Waals surface area (Å²) >= 11 is 0. The minimum Gasteiger partial charge on any atom is -0.370 e. The Kier molecular flexibility index (Phi) is 84.4. The van der Waals surface area contributed by atoms with Crippen molar-refractivity contribution in [3.8, 4) is 0 Å². The summed E-state index contributed by atoms with van der Waals surface area (Å²) in [5.41, 5.74) is 33.1. The number of guanidine groups is 2. The molecule has 0 radical (unpaired) electrons. The zero-order valence-electron chi connectivity index (χ0n) is 76.8. The van der Waals surface area contributed by atoms with E-state index in [0.717, 1.165) is 77.0 Å². The van der Waals surface area contributed by atoms with E-state index in [1.54, 1.807) is 24.9 Å². The van der Waals surface area contributed by atoms with Crippen LogP contribution in [0.2, 0.25) is 0 Å². The summed E-state index contributed by atoms with van der Waals surface area (Å²) in [6.07, 6.45) is 84.2. The first kappa shape index (κ1) is 113. The fraction of sp³-hybridized carbons (Fsp3) is 0.863. The first-order valence-electron chi connectivity index (χ1n) is 49.5. The molecule has 690 valence electrons. The number of nitrogens with one attached hydrogen (secondary N) is 7. The van der Waals surface area contributed by atoms with Crippen LogP contribution in [0.5, 0.6) is 0 Å². The third kappa shape index (κ3) is 81.0. The van der Waals surface area contributed by atoms with Gasteiger partial charge in [-0.2, -0.15) is 20.4 Å². The van der Waals surface area contributed by atoms with Crippen LogP contribution in [0.1, 0.15) is 496 Å². The second kappa shape index (κ2) is 89.3. The fourth-order valence-corrected chi connectivity index (χ4v) is 14.9. The molecule has 0 aromatic carbocycles. The number of carbonyl (C=O) groups excluding carboxylic acids is 7. The maximum Gasteiger partial charge on any atom is 0.262 e. The van der Waals surface area contributed by atoms with Gasteiger partial charge in [-0.3, -0.25) is 38.6 Å². The lowest BCUT2D eigenvalue weighted by Gasteiger charge is -2.24. The minimum atomic E-state index is -1.50. The van der Waals surface area contributed by atoms with Crippen molar-refractivity contribution >= 4 is 78.1 Å². The number of carbonyl (C=O) groups is 7. The number of aliphatic imine (C=N–C) groups is 2. The molecule has 0 aliphatic heterocycles. The number of hydrogen-bond acceptors (Lipinski definition) is 13. The summed E-state index contributed by atoms with van der Waals surface area (Å²) in [6.45, 7) is 9.31. The van der Waals surface area contributed by atoms with Gasteiger partial charge in [0.2, 0.25) is 29.5 Å². The Hall–Kier alpha value is -6.49. The zero-order chi connectivity index (χ0) is 86.9. The van der Waals surface area contributed by atoms with E-state index in [9.17, 15) is 33.6 Å². The highest BCUT2D eigenvalue weighted by atomic mass is 16.2. The van der Waals surface area contributed by atoms with Crippen LogP contribution >= 0.6 is 0 Å².